The monoisotopic (exact) mass is 319 g/mol. The minimum Gasteiger partial charge on any atom is -0.305 e. The van der Waals surface area contributed by atoms with Crippen LogP contribution in [0, 0.1) is 0 Å². The lowest BCUT2D eigenvalue weighted by molar-refractivity contribution is 0.329. The normalized spacial score (nSPS) is 11.0. The van der Waals surface area contributed by atoms with E-state index in [1.165, 1.54) is 0 Å². The topological polar surface area (TPSA) is 41.6 Å². The summed E-state index contributed by atoms with van der Waals surface area (Å²) in [5.41, 5.74) is 2.02. The summed E-state index contributed by atoms with van der Waals surface area (Å²) >= 11 is 11.9. The molecule has 0 bridgehead atoms. The lowest BCUT2D eigenvalue weighted by Crippen LogP contribution is -2.30. The van der Waals surface area contributed by atoms with E-state index in [1.54, 1.807) is 17.4 Å². The first kappa shape index (κ1) is 15.6. The molecule has 5 heteroatoms. The maximum atomic E-state index is 6.14. The van der Waals surface area contributed by atoms with E-state index < -0.39 is 0 Å². The van der Waals surface area contributed by atoms with Gasteiger partial charge in [0.15, 0.2) is 0 Å². The molecule has 21 heavy (non-hydrogen) atoms. The van der Waals surface area contributed by atoms with Crippen LogP contribution in [0.5, 0.6) is 0 Å². The van der Waals surface area contributed by atoms with Gasteiger partial charge in [0, 0.05) is 22.4 Å². The lowest BCUT2D eigenvalue weighted by Gasteiger charge is -2.27. The molecule has 0 aliphatic carbocycles. The van der Waals surface area contributed by atoms with Gasteiger partial charge in [-0.25, -0.2) is 5.84 Å². The summed E-state index contributed by atoms with van der Waals surface area (Å²) in [5, 5.41) is 2.93. The smallest absolute Gasteiger partial charge is 0.0946 e. The van der Waals surface area contributed by atoms with E-state index in [2.05, 4.69) is 11.7 Å². The Morgan fingerprint density at radius 2 is 1.38 bits per heavy atom. The fraction of sp³-hybridized carbons (Fsp3) is 0.0625. The Labute approximate surface area is 134 Å². The Morgan fingerprint density at radius 1 is 0.952 bits per heavy atom. The Bertz CT molecular complexity index is 575. The van der Waals surface area contributed by atoms with Crippen LogP contribution in [0.2, 0.25) is 10.0 Å². The molecule has 0 unspecified atom stereocenters. The molecule has 0 saturated heterocycles. The molecule has 0 amide bonds. The van der Waals surface area contributed by atoms with Crippen molar-refractivity contribution >= 4 is 29.9 Å². The average molecular weight is 320 g/mol. The van der Waals surface area contributed by atoms with Crippen molar-refractivity contribution < 1.29 is 0 Å². The number of aliphatic imine (C=N–C) groups is 1. The Hall–Kier alpha value is -1.81. The third kappa shape index (κ3) is 4.08. The summed E-state index contributed by atoms with van der Waals surface area (Å²) in [4.78, 5) is 3.68. The van der Waals surface area contributed by atoms with Crippen LogP contribution in [-0.4, -0.2) is 11.7 Å². The number of hydrazine groups is 1. The lowest BCUT2D eigenvalue weighted by atomic mass is 9.98. The number of rotatable bonds is 5. The van der Waals surface area contributed by atoms with E-state index in [9.17, 15) is 0 Å². The van der Waals surface area contributed by atoms with Gasteiger partial charge >= 0.3 is 0 Å². The van der Waals surface area contributed by atoms with E-state index in [-0.39, 0.29) is 6.04 Å². The first-order chi connectivity index (χ1) is 10.1. The zero-order chi connectivity index (χ0) is 15.2. The van der Waals surface area contributed by atoms with Crippen molar-refractivity contribution in [1.82, 2.24) is 5.01 Å². The molecule has 0 aliphatic heterocycles. The average Bonchev–Trinajstić information content (AvgIpc) is 2.49. The fourth-order valence-electron chi connectivity index (χ4n) is 2.04. The first-order valence-electron chi connectivity index (χ1n) is 6.28. The van der Waals surface area contributed by atoms with E-state index in [0.717, 1.165) is 11.1 Å². The third-order valence-corrected chi connectivity index (χ3v) is 3.52. The molecule has 2 rings (SSSR count). The van der Waals surface area contributed by atoms with Crippen LogP contribution in [0.3, 0.4) is 0 Å². The van der Waals surface area contributed by atoms with Crippen molar-refractivity contribution in [2.24, 2.45) is 10.8 Å². The molecule has 0 saturated carbocycles. The quantitative estimate of drug-likeness (QED) is 0.503. The van der Waals surface area contributed by atoms with Crippen molar-refractivity contribution in [2.75, 3.05) is 0 Å². The molecule has 2 aromatic carbocycles. The molecular weight excluding hydrogens is 305 g/mol. The molecule has 2 N–H and O–H groups in total. The fourth-order valence-corrected chi connectivity index (χ4v) is 2.29. The number of halogens is 2. The second-order valence-electron chi connectivity index (χ2n) is 4.43. The van der Waals surface area contributed by atoms with Gasteiger partial charge in [0.25, 0.3) is 0 Å². The number of nitrogens with two attached hydrogens (primary N) is 1. The summed E-state index contributed by atoms with van der Waals surface area (Å²) in [5.74, 6) is 6.14. The highest BCUT2D eigenvalue weighted by atomic mass is 35.5. The summed E-state index contributed by atoms with van der Waals surface area (Å²) < 4.78 is 0. The molecule has 3 nitrogen and oxygen atoms in total. The number of hydrogen-bond donors (Lipinski definition) is 1. The minimum absolute atomic E-state index is 0.169. The molecule has 0 heterocycles. The van der Waals surface area contributed by atoms with Crippen molar-refractivity contribution in [2.45, 2.75) is 6.04 Å². The van der Waals surface area contributed by atoms with Crippen LogP contribution in [0.15, 0.2) is 65.9 Å². The molecule has 0 aromatic heterocycles. The van der Waals surface area contributed by atoms with Crippen molar-refractivity contribution in [1.29, 1.82) is 0 Å². The van der Waals surface area contributed by atoms with Crippen LogP contribution >= 0.6 is 23.2 Å². The van der Waals surface area contributed by atoms with Gasteiger partial charge in [-0.2, -0.15) is 0 Å². The largest absolute Gasteiger partial charge is 0.305 e. The summed E-state index contributed by atoms with van der Waals surface area (Å²) in [7, 11) is 0. The molecule has 0 spiro atoms. The Morgan fingerprint density at radius 3 is 1.76 bits per heavy atom. The van der Waals surface area contributed by atoms with Gasteiger partial charge < -0.3 is 5.01 Å². The summed E-state index contributed by atoms with van der Waals surface area (Å²) in [6, 6.07) is 14.9. The van der Waals surface area contributed by atoms with E-state index >= 15 is 0 Å². The van der Waals surface area contributed by atoms with E-state index in [0.29, 0.717) is 10.0 Å². The second-order valence-corrected chi connectivity index (χ2v) is 5.31. The zero-order valence-corrected chi connectivity index (χ0v) is 12.8. The number of hydrogen-bond acceptors (Lipinski definition) is 3. The van der Waals surface area contributed by atoms with Gasteiger partial charge in [0.2, 0.25) is 0 Å². The van der Waals surface area contributed by atoms with Gasteiger partial charge in [0.05, 0.1) is 6.04 Å². The van der Waals surface area contributed by atoms with Crippen molar-refractivity contribution in [3.63, 3.8) is 0 Å². The highest BCUT2D eigenvalue weighted by Gasteiger charge is 2.17. The molecule has 0 radical (unpaired) electrons. The van der Waals surface area contributed by atoms with Gasteiger partial charge in [-0.05, 0) is 42.1 Å². The SMILES string of the molecule is C=N/C=C\N(N)C(c1ccc(Cl)cc1)c1ccc(Cl)cc1. The second kappa shape index (κ2) is 7.27. The minimum atomic E-state index is -0.169. The molecule has 108 valence electrons. The Kier molecular flexibility index (Phi) is 5.39. The van der Waals surface area contributed by atoms with E-state index in [4.69, 9.17) is 29.0 Å². The summed E-state index contributed by atoms with van der Waals surface area (Å²) in [6.07, 6.45) is 3.21. The van der Waals surface area contributed by atoms with Gasteiger partial charge in [-0.15, -0.1) is 0 Å². The molecule has 0 atom stereocenters. The predicted molar refractivity (Wildman–Crippen MR) is 89.5 cm³/mol. The molecule has 0 aliphatic rings. The third-order valence-electron chi connectivity index (χ3n) is 3.01. The van der Waals surface area contributed by atoms with Crippen LogP contribution in [-0.2, 0) is 0 Å². The molecule has 2 aromatic rings. The van der Waals surface area contributed by atoms with E-state index in [1.807, 2.05) is 48.5 Å². The van der Waals surface area contributed by atoms with Crippen LogP contribution in [0.1, 0.15) is 17.2 Å². The first-order valence-corrected chi connectivity index (χ1v) is 7.04. The summed E-state index contributed by atoms with van der Waals surface area (Å²) in [6.45, 7) is 3.41. The maximum absolute atomic E-state index is 6.14. The molecular formula is C16H15Cl2N3. The number of nitrogens with zero attached hydrogens (tertiary/aromatic N) is 2. The Balaban J connectivity index is 2.42. The van der Waals surface area contributed by atoms with Crippen molar-refractivity contribution in [3.8, 4) is 0 Å². The van der Waals surface area contributed by atoms with Crippen LogP contribution < -0.4 is 5.84 Å². The van der Waals surface area contributed by atoms with Gasteiger partial charge in [-0.1, -0.05) is 47.5 Å². The maximum Gasteiger partial charge on any atom is 0.0946 e. The zero-order valence-electron chi connectivity index (χ0n) is 11.3. The van der Waals surface area contributed by atoms with Crippen LogP contribution in [0.4, 0.5) is 0 Å². The van der Waals surface area contributed by atoms with Crippen molar-refractivity contribution in [3.05, 3.63) is 82.1 Å². The highest BCUT2D eigenvalue weighted by Crippen LogP contribution is 2.28. The highest BCUT2D eigenvalue weighted by molar-refractivity contribution is 6.30. The predicted octanol–water partition coefficient (Wildman–Crippen LogP) is 4.43. The van der Waals surface area contributed by atoms with Gasteiger partial charge in [-0.3, -0.25) is 4.99 Å². The molecule has 0 fully saturated rings. The van der Waals surface area contributed by atoms with Gasteiger partial charge in [0.1, 0.15) is 0 Å². The van der Waals surface area contributed by atoms with Crippen LogP contribution in [0.25, 0.3) is 0 Å². The number of benzene rings is 2. The standard InChI is InChI=1S/C16H15Cl2N3/c1-20-10-11-21(19)16(12-2-6-14(17)7-3-12)13-4-8-15(18)9-5-13/h2-11,16H,1,19H2/b11-10-.